The lowest BCUT2D eigenvalue weighted by Gasteiger charge is -2.07. The third-order valence-electron chi connectivity index (χ3n) is 5.36. The average Bonchev–Trinajstić information content (AvgIpc) is 3.39. The third kappa shape index (κ3) is 3.14. The zero-order valence-corrected chi connectivity index (χ0v) is 17.9. The summed E-state index contributed by atoms with van der Waals surface area (Å²) >= 11 is 0. The molecule has 0 aliphatic rings. The number of halogens is 1. The lowest BCUT2D eigenvalue weighted by Crippen LogP contribution is -3.00. The number of fused-ring (bicyclic) bond motifs is 5. The predicted octanol–water partition coefficient (Wildman–Crippen LogP) is 0.658. The number of nitrogens with zero attached hydrogens (tertiary/aromatic N) is 2. The van der Waals surface area contributed by atoms with Crippen molar-refractivity contribution >= 4 is 33.3 Å². The molecule has 0 unspecified atom stereocenters. The Hall–Kier alpha value is -3.71. The molecule has 5 aromatic rings. The van der Waals surface area contributed by atoms with Crippen LogP contribution in [0.4, 0.5) is 0 Å². The first-order valence-electron chi connectivity index (χ1n) is 9.42. The number of esters is 1. The molecule has 0 aliphatic carbocycles. The quantitative estimate of drug-likeness (QED) is 0.331. The van der Waals surface area contributed by atoms with E-state index in [0.29, 0.717) is 17.2 Å². The molecule has 158 valence electrons. The normalized spacial score (nSPS) is 10.9. The second-order valence-corrected chi connectivity index (χ2v) is 6.93. The molecule has 2 aromatic carbocycles. The fourth-order valence-electron chi connectivity index (χ4n) is 3.90. The number of imidazole rings is 1. The SMILES string of the molecule is COC(=O)c1cc2c3ccccc3[nH]c2c2cn(-c3ccc(OC)c(OC)c3)c[n+]12.[Cl-]. The standard InChI is InChI=1S/C23H19N3O4.ClH/c1-28-20-9-8-14(10-21(20)29-2)25-12-19-22-16(15-6-4-5-7-17(15)24-22)11-18(23(27)30-3)26(19)13-25;/h4-13H,1-3H3;1H. The summed E-state index contributed by atoms with van der Waals surface area (Å²) < 4.78 is 19.6. The van der Waals surface area contributed by atoms with Gasteiger partial charge in [0.25, 0.3) is 6.33 Å². The number of pyridine rings is 1. The molecule has 3 aromatic heterocycles. The van der Waals surface area contributed by atoms with Gasteiger partial charge < -0.3 is 31.6 Å². The number of carbonyl (C=O) groups excluding carboxylic acids is 1. The maximum Gasteiger partial charge on any atom is 0.378 e. The van der Waals surface area contributed by atoms with Crippen molar-refractivity contribution in [2.24, 2.45) is 0 Å². The highest BCUT2D eigenvalue weighted by atomic mass is 35.5. The maximum absolute atomic E-state index is 12.6. The molecule has 0 amide bonds. The number of aromatic nitrogens is 3. The van der Waals surface area contributed by atoms with E-state index in [1.54, 1.807) is 14.2 Å². The molecule has 0 aliphatic heterocycles. The van der Waals surface area contributed by atoms with E-state index in [2.05, 4.69) is 4.98 Å². The molecule has 0 atom stereocenters. The number of carbonyl (C=O) groups is 1. The van der Waals surface area contributed by atoms with E-state index in [1.807, 2.05) is 70.0 Å². The zero-order valence-electron chi connectivity index (χ0n) is 17.2. The van der Waals surface area contributed by atoms with Crippen LogP contribution in [0.15, 0.2) is 61.1 Å². The Morgan fingerprint density at radius 1 is 0.968 bits per heavy atom. The largest absolute Gasteiger partial charge is 1.00 e. The summed E-state index contributed by atoms with van der Waals surface area (Å²) in [5, 5.41) is 2.02. The van der Waals surface area contributed by atoms with Gasteiger partial charge in [0.15, 0.2) is 17.0 Å². The average molecular weight is 438 g/mol. The second-order valence-electron chi connectivity index (χ2n) is 6.93. The molecule has 0 radical (unpaired) electrons. The summed E-state index contributed by atoms with van der Waals surface area (Å²) in [5.41, 5.74) is 4.14. The molecule has 7 nitrogen and oxygen atoms in total. The summed E-state index contributed by atoms with van der Waals surface area (Å²) in [6.45, 7) is 0. The van der Waals surface area contributed by atoms with Gasteiger partial charge in [-0.2, -0.15) is 4.40 Å². The fraction of sp³-hybridized carbons (Fsp3) is 0.130. The summed E-state index contributed by atoms with van der Waals surface area (Å²) in [6, 6.07) is 15.6. The molecule has 0 saturated heterocycles. The van der Waals surface area contributed by atoms with Crippen LogP contribution in [0, 0.1) is 0 Å². The van der Waals surface area contributed by atoms with Crippen LogP contribution in [0.5, 0.6) is 11.5 Å². The van der Waals surface area contributed by atoms with Crippen LogP contribution < -0.4 is 26.3 Å². The Morgan fingerprint density at radius 3 is 2.48 bits per heavy atom. The van der Waals surface area contributed by atoms with Gasteiger partial charge >= 0.3 is 5.97 Å². The minimum Gasteiger partial charge on any atom is -1.00 e. The van der Waals surface area contributed by atoms with Crippen molar-refractivity contribution < 1.29 is 35.8 Å². The molecule has 3 heterocycles. The van der Waals surface area contributed by atoms with Crippen molar-refractivity contribution in [1.29, 1.82) is 0 Å². The number of hydrogen-bond acceptors (Lipinski definition) is 4. The summed E-state index contributed by atoms with van der Waals surface area (Å²) in [6.07, 6.45) is 3.83. The van der Waals surface area contributed by atoms with Gasteiger partial charge in [-0.25, -0.2) is 9.36 Å². The van der Waals surface area contributed by atoms with Crippen LogP contribution in [0.25, 0.3) is 33.0 Å². The van der Waals surface area contributed by atoms with E-state index >= 15 is 0 Å². The van der Waals surface area contributed by atoms with Gasteiger partial charge in [-0.1, -0.05) is 18.2 Å². The number of para-hydroxylation sites is 1. The monoisotopic (exact) mass is 437 g/mol. The molecule has 31 heavy (non-hydrogen) atoms. The lowest BCUT2D eigenvalue weighted by atomic mass is 10.1. The topological polar surface area (TPSA) is 69.6 Å². The number of benzene rings is 2. The lowest BCUT2D eigenvalue weighted by molar-refractivity contribution is -0.514. The first kappa shape index (κ1) is 20.6. The predicted molar refractivity (Wildman–Crippen MR) is 113 cm³/mol. The molecular formula is C23H20ClN3O4. The Morgan fingerprint density at radius 2 is 1.74 bits per heavy atom. The molecule has 5 rings (SSSR count). The maximum atomic E-state index is 12.6. The van der Waals surface area contributed by atoms with Crippen molar-refractivity contribution in [1.82, 2.24) is 9.55 Å². The Kier molecular flexibility index (Phi) is 5.20. The third-order valence-corrected chi connectivity index (χ3v) is 5.36. The van der Waals surface area contributed by atoms with E-state index < -0.39 is 5.97 Å². The summed E-state index contributed by atoms with van der Waals surface area (Å²) in [7, 11) is 4.60. The van der Waals surface area contributed by atoms with Crippen LogP contribution in [0.2, 0.25) is 0 Å². The number of rotatable bonds is 4. The minimum atomic E-state index is -0.401. The highest BCUT2D eigenvalue weighted by Crippen LogP contribution is 2.31. The highest BCUT2D eigenvalue weighted by molar-refractivity contribution is 6.12. The van der Waals surface area contributed by atoms with E-state index in [0.717, 1.165) is 33.0 Å². The van der Waals surface area contributed by atoms with Crippen LogP contribution in [-0.4, -0.2) is 36.8 Å². The Labute approximate surface area is 184 Å². The van der Waals surface area contributed by atoms with Gasteiger partial charge in [0.2, 0.25) is 5.69 Å². The smallest absolute Gasteiger partial charge is 0.378 e. The van der Waals surface area contributed by atoms with E-state index in [4.69, 9.17) is 14.2 Å². The van der Waals surface area contributed by atoms with Gasteiger partial charge in [-0.3, -0.25) is 0 Å². The number of nitrogens with one attached hydrogen (secondary N) is 1. The molecule has 8 heteroatoms. The van der Waals surface area contributed by atoms with Crippen LogP contribution in [-0.2, 0) is 4.74 Å². The van der Waals surface area contributed by atoms with Gasteiger partial charge in [-0.15, -0.1) is 0 Å². The Balaban J connectivity index is 0.00000231. The van der Waals surface area contributed by atoms with Gasteiger partial charge in [0.05, 0.1) is 26.8 Å². The molecule has 1 N–H and O–H groups in total. The summed E-state index contributed by atoms with van der Waals surface area (Å²) in [4.78, 5) is 16.0. The number of hydrogen-bond donors (Lipinski definition) is 1. The molecule has 0 spiro atoms. The van der Waals surface area contributed by atoms with Gasteiger partial charge in [0.1, 0.15) is 11.9 Å². The van der Waals surface area contributed by atoms with Crippen molar-refractivity contribution in [3.8, 4) is 17.2 Å². The molecule has 0 fully saturated rings. The van der Waals surface area contributed by atoms with Crippen molar-refractivity contribution in [2.75, 3.05) is 21.3 Å². The van der Waals surface area contributed by atoms with E-state index in [-0.39, 0.29) is 12.4 Å². The Bertz CT molecular complexity index is 1440. The highest BCUT2D eigenvalue weighted by Gasteiger charge is 2.24. The number of H-pyrrole nitrogens is 1. The summed E-state index contributed by atoms with van der Waals surface area (Å²) in [5.74, 6) is 0.878. The van der Waals surface area contributed by atoms with Crippen LogP contribution in [0.3, 0.4) is 0 Å². The van der Waals surface area contributed by atoms with Crippen molar-refractivity contribution in [3.63, 3.8) is 0 Å². The first-order valence-corrected chi connectivity index (χ1v) is 9.42. The first-order chi connectivity index (χ1) is 14.6. The van der Waals surface area contributed by atoms with Crippen LogP contribution in [0.1, 0.15) is 10.5 Å². The van der Waals surface area contributed by atoms with E-state index in [1.165, 1.54) is 7.11 Å². The molecule has 0 bridgehead atoms. The zero-order chi connectivity index (χ0) is 20.8. The molecular weight excluding hydrogens is 418 g/mol. The van der Waals surface area contributed by atoms with E-state index in [9.17, 15) is 4.79 Å². The minimum absolute atomic E-state index is 0. The number of aromatic amines is 1. The van der Waals surface area contributed by atoms with Crippen molar-refractivity contribution in [3.05, 3.63) is 66.7 Å². The fourth-order valence-corrected chi connectivity index (χ4v) is 3.90. The number of methoxy groups -OCH3 is 3. The van der Waals surface area contributed by atoms with Gasteiger partial charge in [0, 0.05) is 28.4 Å². The van der Waals surface area contributed by atoms with Crippen LogP contribution >= 0.6 is 0 Å². The second kappa shape index (κ2) is 7.85. The van der Waals surface area contributed by atoms with Gasteiger partial charge in [-0.05, 0) is 18.2 Å². The molecule has 0 saturated carbocycles. The number of ether oxygens (including phenoxy) is 3. The van der Waals surface area contributed by atoms with Crippen molar-refractivity contribution in [2.45, 2.75) is 0 Å².